The molecule has 0 radical (unpaired) electrons. The van der Waals surface area contributed by atoms with Gasteiger partial charge in [0, 0.05) is 16.5 Å². The van der Waals surface area contributed by atoms with Crippen LogP contribution >= 0.6 is 0 Å². The van der Waals surface area contributed by atoms with Crippen LogP contribution in [-0.2, 0) is 12.4 Å². The number of carboxylic acids is 1. The zero-order valence-corrected chi connectivity index (χ0v) is 20.9. The molecule has 5 aromatic rings. The molecule has 7 nitrogen and oxygen atoms in total. The number of azo groups is 1. The van der Waals surface area contributed by atoms with Gasteiger partial charge < -0.3 is 20.3 Å². The lowest BCUT2D eigenvalue weighted by atomic mass is 9.95. The maximum Gasteiger partial charge on any atom is 0.417 e. The van der Waals surface area contributed by atoms with Crippen molar-refractivity contribution in [3.63, 3.8) is 0 Å². The first kappa shape index (κ1) is 28.2. The number of phenols is 1. The molecule has 42 heavy (non-hydrogen) atoms. The number of carbonyl (C=O) groups is 1. The van der Waals surface area contributed by atoms with Gasteiger partial charge >= 0.3 is 18.3 Å². The predicted octanol–water partition coefficient (Wildman–Crippen LogP) is 9.06. The fraction of sp³-hybridized carbons (Fsp3) is 0.0690. The number of hydrogen-bond donors (Lipinski definition) is 4. The van der Waals surface area contributed by atoms with Crippen LogP contribution in [0.4, 0.5) is 37.7 Å². The van der Waals surface area contributed by atoms with Gasteiger partial charge in [-0.05, 0) is 53.6 Å². The number of nitrogens with one attached hydrogen (secondary N) is 1. The lowest BCUT2D eigenvalue weighted by Gasteiger charge is -2.15. The number of fused-ring (bicyclic) bond motifs is 1. The minimum absolute atomic E-state index is 0.0301. The molecule has 13 heteroatoms. The number of benzene rings is 4. The molecule has 0 bridgehead atoms. The van der Waals surface area contributed by atoms with Gasteiger partial charge in [0.25, 0.3) is 0 Å². The van der Waals surface area contributed by atoms with Crippen molar-refractivity contribution in [2.45, 2.75) is 12.4 Å². The molecule has 5 rings (SSSR count). The Kier molecular flexibility index (Phi) is 6.89. The number of nitrogens with zero attached hydrogens (tertiary/aromatic N) is 2. The highest BCUT2D eigenvalue weighted by Crippen LogP contribution is 2.47. The van der Waals surface area contributed by atoms with Crippen LogP contribution in [0.5, 0.6) is 11.6 Å². The minimum Gasteiger partial charge on any atom is -0.505 e. The van der Waals surface area contributed by atoms with Crippen LogP contribution < -0.4 is 0 Å². The van der Waals surface area contributed by atoms with Crippen molar-refractivity contribution >= 4 is 28.2 Å². The molecule has 0 fully saturated rings. The lowest BCUT2D eigenvalue weighted by molar-refractivity contribution is -0.137. The molecule has 4 aromatic carbocycles. The van der Waals surface area contributed by atoms with Gasteiger partial charge in [-0.3, -0.25) is 0 Å². The van der Waals surface area contributed by atoms with Gasteiger partial charge in [0.05, 0.1) is 22.2 Å². The van der Waals surface area contributed by atoms with Crippen molar-refractivity contribution in [1.82, 2.24) is 4.98 Å². The number of rotatable bonds is 5. The Morgan fingerprint density at radius 1 is 0.762 bits per heavy atom. The Bertz CT molecular complexity index is 1880. The first-order valence-corrected chi connectivity index (χ1v) is 12.0. The number of para-hydroxylation sites is 1. The zero-order valence-electron chi connectivity index (χ0n) is 20.9. The topological polar surface area (TPSA) is 118 Å². The van der Waals surface area contributed by atoms with E-state index in [0.717, 1.165) is 24.3 Å². The van der Waals surface area contributed by atoms with E-state index in [9.17, 15) is 46.5 Å². The Morgan fingerprint density at radius 2 is 1.45 bits per heavy atom. The largest absolute Gasteiger partial charge is 0.505 e. The zero-order chi connectivity index (χ0) is 30.4. The summed E-state index contributed by atoms with van der Waals surface area (Å²) >= 11 is 0. The standard InChI is InChI=1S/C29H17F6N3O4/c30-28(31,32)17-7-2-5-15(13-17)22-20(29(33,34)35)11-10-19-23(22)36-26(40)24(19)38-37-21-9-3-8-18(25(21)39)14-4-1-6-16(12-14)27(41)42/h1-13,36,39-40H,(H,41,42). The number of aromatic hydroxyl groups is 2. The highest BCUT2D eigenvalue weighted by Gasteiger charge is 2.37. The first-order valence-electron chi connectivity index (χ1n) is 12.0. The van der Waals surface area contributed by atoms with E-state index < -0.39 is 52.2 Å². The summed E-state index contributed by atoms with van der Waals surface area (Å²) < 4.78 is 81.9. The molecular formula is C29H17F6N3O4. The summed E-state index contributed by atoms with van der Waals surface area (Å²) in [6.07, 6.45) is -9.77. The third kappa shape index (κ3) is 5.23. The third-order valence-electron chi connectivity index (χ3n) is 6.41. The number of aromatic nitrogens is 1. The SMILES string of the molecule is O=C(O)c1cccc(-c2cccc(N=Nc3c(O)[nH]c4c(-c5cccc(C(F)(F)F)c5)c(C(F)(F)F)ccc34)c2O)c1. The monoisotopic (exact) mass is 585 g/mol. The van der Waals surface area contributed by atoms with Crippen LogP contribution in [0.3, 0.4) is 0 Å². The second-order valence-electron chi connectivity index (χ2n) is 9.07. The third-order valence-corrected chi connectivity index (χ3v) is 6.41. The van der Waals surface area contributed by atoms with Gasteiger partial charge in [0.1, 0.15) is 5.69 Å². The Balaban J connectivity index is 1.63. The van der Waals surface area contributed by atoms with Crippen LogP contribution in [0.15, 0.2) is 89.1 Å². The van der Waals surface area contributed by atoms with E-state index in [1.165, 1.54) is 36.4 Å². The summed E-state index contributed by atoms with van der Waals surface area (Å²) in [6.45, 7) is 0. The molecule has 0 aliphatic heterocycles. The van der Waals surface area contributed by atoms with Crippen molar-refractivity contribution in [3.8, 4) is 33.9 Å². The summed E-state index contributed by atoms with van der Waals surface area (Å²) in [5.41, 5.74) is -3.69. The molecule has 0 saturated heterocycles. The first-order chi connectivity index (χ1) is 19.8. The van der Waals surface area contributed by atoms with E-state index in [1.807, 2.05) is 0 Å². The number of halogens is 6. The molecule has 0 amide bonds. The van der Waals surface area contributed by atoms with Crippen LogP contribution in [0.25, 0.3) is 33.2 Å². The van der Waals surface area contributed by atoms with Crippen LogP contribution in [-0.4, -0.2) is 26.3 Å². The molecule has 0 saturated carbocycles. The summed E-state index contributed by atoms with van der Waals surface area (Å²) in [5, 5.41) is 38.4. The van der Waals surface area contributed by atoms with Crippen molar-refractivity contribution in [3.05, 3.63) is 95.6 Å². The van der Waals surface area contributed by atoms with Gasteiger partial charge in [0.15, 0.2) is 11.4 Å². The Morgan fingerprint density at radius 3 is 2.14 bits per heavy atom. The van der Waals surface area contributed by atoms with E-state index in [4.69, 9.17) is 0 Å². The molecule has 1 aromatic heterocycles. The number of aromatic amines is 1. The number of alkyl halides is 6. The van der Waals surface area contributed by atoms with Gasteiger partial charge in [-0.25, -0.2) is 4.79 Å². The molecule has 0 aliphatic rings. The summed E-state index contributed by atoms with van der Waals surface area (Å²) in [6, 6.07) is 15.1. The molecular weight excluding hydrogens is 568 g/mol. The number of phenolic OH excluding ortho intramolecular Hbond substituents is 1. The average molecular weight is 585 g/mol. The Labute approximate surface area is 232 Å². The summed E-state index contributed by atoms with van der Waals surface area (Å²) in [7, 11) is 0. The second kappa shape index (κ2) is 10.3. The maximum atomic E-state index is 14.0. The molecule has 0 aliphatic carbocycles. The minimum atomic E-state index is -4.95. The molecule has 0 spiro atoms. The van der Waals surface area contributed by atoms with Gasteiger partial charge in [-0.1, -0.05) is 36.4 Å². The van der Waals surface area contributed by atoms with Crippen molar-refractivity contribution in [1.29, 1.82) is 0 Å². The fourth-order valence-electron chi connectivity index (χ4n) is 4.49. The number of H-pyrrole nitrogens is 1. The molecule has 4 N–H and O–H groups in total. The quantitative estimate of drug-likeness (QED) is 0.122. The van der Waals surface area contributed by atoms with Crippen molar-refractivity contribution in [2.75, 3.05) is 0 Å². The maximum absolute atomic E-state index is 14.0. The summed E-state index contributed by atoms with van der Waals surface area (Å²) in [5.74, 6) is -2.29. The number of hydrogen-bond acceptors (Lipinski definition) is 5. The Hall–Kier alpha value is -5.33. The molecule has 214 valence electrons. The van der Waals surface area contributed by atoms with E-state index in [1.54, 1.807) is 6.07 Å². The fourth-order valence-corrected chi connectivity index (χ4v) is 4.49. The summed E-state index contributed by atoms with van der Waals surface area (Å²) in [4.78, 5) is 13.7. The van der Waals surface area contributed by atoms with E-state index in [2.05, 4.69) is 15.2 Å². The molecule has 0 atom stereocenters. The van der Waals surface area contributed by atoms with E-state index in [0.29, 0.717) is 17.7 Å². The molecule has 1 heterocycles. The average Bonchev–Trinajstić information content (AvgIpc) is 3.25. The normalized spacial score (nSPS) is 12.3. The number of carboxylic acid groups (broad SMARTS) is 1. The predicted molar refractivity (Wildman–Crippen MR) is 140 cm³/mol. The van der Waals surface area contributed by atoms with Crippen LogP contribution in [0.2, 0.25) is 0 Å². The number of aromatic carboxylic acids is 1. The highest BCUT2D eigenvalue weighted by atomic mass is 19.4. The van der Waals surface area contributed by atoms with Crippen molar-refractivity contribution < 1.29 is 46.5 Å². The second-order valence-corrected chi connectivity index (χ2v) is 9.07. The van der Waals surface area contributed by atoms with E-state index >= 15 is 0 Å². The van der Waals surface area contributed by atoms with Crippen molar-refractivity contribution in [2.24, 2.45) is 10.2 Å². The van der Waals surface area contributed by atoms with E-state index in [-0.39, 0.29) is 33.4 Å². The lowest BCUT2D eigenvalue weighted by Crippen LogP contribution is -2.08. The van der Waals surface area contributed by atoms with Gasteiger partial charge in [-0.2, -0.15) is 26.3 Å². The van der Waals surface area contributed by atoms with Gasteiger partial charge in [0.2, 0.25) is 5.88 Å². The van der Waals surface area contributed by atoms with Crippen LogP contribution in [0.1, 0.15) is 21.5 Å². The van der Waals surface area contributed by atoms with Crippen LogP contribution in [0, 0.1) is 0 Å². The molecule has 0 unspecified atom stereocenters. The van der Waals surface area contributed by atoms with Gasteiger partial charge in [-0.15, -0.1) is 10.2 Å². The smallest absolute Gasteiger partial charge is 0.417 e. The highest BCUT2D eigenvalue weighted by molar-refractivity contribution is 6.04.